The zero-order valence-corrected chi connectivity index (χ0v) is 20.2. The maximum Gasteiger partial charge on any atom is 0.266 e. The third kappa shape index (κ3) is 4.03. The molecule has 2 aromatic heterocycles. The Morgan fingerprint density at radius 2 is 2.09 bits per heavy atom. The third-order valence-electron chi connectivity index (χ3n) is 6.21. The molecule has 0 aliphatic carbocycles. The number of nitrogens with zero attached hydrogens (tertiary/aromatic N) is 3. The van der Waals surface area contributed by atoms with Crippen molar-refractivity contribution < 1.29 is 17.7 Å². The highest BCUT2D eigenvalue weighted by atomic mass is 32.2. The van der Waals surface area contributed by atoms with Gasteiger partial charge in [-0.3, -0.25) is 9.40 Å². The highest BCUT2D eigenvalue weighted by molar-refractivity contribution is 7.92. The van der Waals surface area contributed by atoms with Crippen LogP contribution in [-0.4, -0.2) is 37.0 Å². The molecule has 0 spiro atoms. The molecule has 10 heteroatoms. The van der Waals surface area contributed by atoms with Gasteiger partial charge in [0.2, 0.25) is 0 Å². The number of aryl methyl sites for hydroxylation is 2. The van der Waals surface area contributed by atoms with Gasteiger partial charge < -0.3 is 14.6 Å². The predicted molar refractivity (Wildman–Crippen MR) is 129 cm³/mol. The van der Waals surface area contributed by atoms with E-state index >= 15 is 0 Å². The summed E-state index contributed by atoms with van der Waals surface area (Å²) in [7, 11) is -2.50. The minimum Gasteiger partial charge on any atom is -0.495 e. The highest BCUT2D eigenvalue weighted by Gasteiger charge is 2.24. The van der Waals surface area contributed by atoms with Crippen molar-refractivity contribution in [3.63, 3.8) is 0 Å². The number of hydrogen-bond donors (Lipinski definition) is 2. The molecule has 34 heavy (non-hydrogen) atoms. The van der Waals surface area contributed by atoms with Crippen molar-refractivity contribution in [2.45, 2.75) is 44.7 Å². The van der Waals surface area contributed by atoms with E-state index in [-0.39, 0.29) is 16.5 Å². The SMILES string of the molecule is CCc1ccc(OC)c(S(=O)(=O)Nc2noc3cc(Cn4ncc5c4CCNC5)cc(C)c23)c1. The average Bonchev–Trinajstić information content (AvgIpc) is 3.43. The van der Waals surface area contributed by atoms with Crippen LogP contribution in [0.15, 0.2) is 45.9 Å². The van der Waals surface area contributed by atoms with Gasteiger partial charge in [-0.05, 0) is 48.2 Å². The molecule has 0 fully saturated rings. The highest BCUT2D eigenvalue weighted by Crippen LogP contribution is 2.32. The standard InChI is InChI=1S/C24H27N5O4S/c1-4-16-5-6-20(32-3)22(11-16)34(30,31)28-24-23-15(2)9-17(10-21(23)33-27-24)14-29-19-7-8-25-12-18(19)13-26-29/h5-6,9-11,13,25H,4,7-8,12,14H2,1-3H3,(H,27,28). The Morgan fingerprint density at radius 3 is 2.88 bits per heavy atom. The smallest absolute Gasteiger partial charge is 0.266 e. The van der Waals surface area contributed by atoms with Crippen LogP contribution in [0.1, 0.15) is 34.9 Å². The molecule has 0 amide bonds. The molecule has 3 heterocycles. The van der Waals surface area contributed by atoms with Crippen LogP contribution in [0.4, 0.5) is 5.82 Å². The summed E-state index contributed by atoms with van der Waals surface area (Å²) >= 11 is 0. The summed E-state index contributed by atoms with van der Waals surface area (Å²) in [6, 6.07) is 9.04. The second-order valence-corrected chi connectivity index (χ2v) is 10.1. The lowest BCUT2D eigenvalue weighted by Crippen LogP contribution is -2.24. The lowest BCUT2D eigenvalue weighted by atomic mass is 10.1. The number of aromatic nitrogens is 3. The number of sulfonamides is 1. The molecule has 0 saturated heterocycles. The Morgan fingerprint density at radius 1 is 1.24 bits per heavy atom. The molecule has 0 unspecified atom stereocenters. The average molecular weight is 482 g/mol. The Bertz CT molecular complexity index is 1470. The number of methoxy groups -OCH3 is 1. The first-order valence-electron chi connectivity index (χ1n) is 11.2. The van der Waals surface area contributed by atoms with Gasteiger partial charge in [0, 0.05) is 30.8 Å². The van der Waals surface area contributed by atoms with Gasteiger partial charge in [-0.25, -0.2) is 8.42 Å². The normalized spacial score (nSPS) is 13.7. The van der Waals surface area contributed by atoms with E-state index in [1.165, 1.54) is 18.4 Å². The Kier molecular flexibility index (Phi) is 5.78. The van der Waals surface area contributed by atoms with Crippen LogP contribution in [0.3, 0.4) is 0 Å². The lowest BCUT2D eigenvalue weighted by Gasteiger charge is -2.15. The Labute approximate surface area is 198 Å². The second kappa shape index (κ2) is 8.77. The van der Waals surface area contributed by atoms with Crippen molar-refractivity contribution in [2.75, 3.05) is 18.4 Å². The summed E-state index contributed by atoms with van der Waals surface area (Å²) in [5, 5.41) is 12.6. The third-order valence-corrected chi connectivity index (χ3v) is 7.57. The molecule has 2 N–H and O–H groups in total. The first-order chi connectivity index (χ1) is 16.4. The number of hydrogen-bond acceptors (Lipinski definition) is 7. The van der Waals surface area contributed by atoms with Crippen LogP contribution in [0, 0.1) is 6.92 Å². The molecule has 1 aliphatic rings. The molecule has 5 rings (SSSR count). The summed E-state index contributed by atoms with van der Waals surface area (Å²) < 4.78 is 41.9. The fraction of sp³-hybridized carbons (Fsp3) is 0.333. The van der Waals surface area contributed by atoms with E-state index in [9.17, 15) is 8.42 Å². The monoisotopic (exact) mass is 481 g/mol. The molecule has 0 saturated carbocycles. The number of anilines is 1. The van der Waals surface area contributed by atoms with E-state index in [2.05, 4.69) is 20.3 Å². The quantitative estimate of drug-likeness (QED) is 0.416. The molecule has 0 radical (unpaired) electrons. The van der Waals surface area contributed by atoms with E-state index in [0.29, 0.717) is 23.9 Å². The molecular weight excluding hydrogens is 454 g/mol. The zero-order valence-electron chi connectivity index (χ0n) is 19.4. The van der Waals surface area contributed by atoms with Crippen LogP contribution in [-0.2, 0) is 36.0 Å². The van der Waals surface area contributed by atoms with Crippen LogP contribution in [0.2, 0.25) is 0 Å². The maximum absolute atomic E-state index is 13.2. The van der Waals surface area contributed by atoms with E-state index < -0.39 is 10.0 Å². The Hall–Kier alpha value is -3.37. The summed E-state index contributed by atoms with van der Waals surface area (Å²) in [6.45, 7) is 6.27. The summed E-state index contributed by atoms with van der Waals surface area (Å²) in [4.78, 5) is 0.0673. The molecule has 2 aromatic carbocycles. The van der Waals surface area contributed by atoms with Crippen molar-refractivity contribution in [2.24, 2.45) is 0 Å². The number of nitrogens with one attached hydrogen (secondary N) is 2. The van der Waals surface area contributed by atoms with Gasteiger partial charge in [0.15, 0.2) is 11.4 Å². The number of fused-ring (bicyclic) bond motifs is 2. The van der Waals surface area contributed by atoms with E-state index in [0.717, 1.165) is 36.2 Å². The lowest BCUT2D eigenvalue weighted by molar-refractivity contribution is 0.402. The summed E-state index contributed by atoms with van der Waals surface area (Å²) in [5.74, 6) is 0.430. The number of ether oxygens (including phenoxy) is 1. The first kappa shape index (κ1) is 22.4. The topological polar surface area (TPSA) is 111 Å². The maximum atomic E-state index is 13.2. The minimum absolute atomic E-state index is 0.0673. The van der Waals surface area contributed by atoms with Crippen LogP contribution in [0.5, 0.6) is 5.75 Å². The van der Waals surface area contributed by atoms with Gasteiger partial charge in [-0.2, -0.15) is 5.10 Å². The van der Waals surface area contributed by atoms with Gasteiger partial charge in [-0.15, -0.1) is 0 Å². The first-order valence-corrected chi connectivity index (χ1v) is 12.7. The van der Waals surface area contributed by atoms with Crippen molar-refractivity contribution >= 4 is 26.8 Å². The van der Waals surface area contributed by atoms with E-state index in [1.807, 2.05) is 42.9 Å². The van der Waals surface area contributed by atoms with Gasteiger partial charge in [0.1, 0.15) is 10.6 Å². The fourth-order valence-corrected chi connectivity index (χ4v) is 5.69. The fourth-order valence-electron chi connectivity index (χ4n) is 4.46. The molecule has 9 nitrogen and oxygen atoms in total. The van der Waals surface area contributed by atoms with Gasteiger partial charge in [0.05, 0.1) is 25.2 Å². The van der Waals surface area contributed by atoms with Crippen molar-refractivity contribution in [1.29, 1.82) is 0 Å². The minimum atomic E-state index is -3.95. The van der Waals surface area contributed by atoms with Crippen LogP contribution in [0.25, 0.3) is 11.0 Å². The largest absolute Gasteiger partial charge is 0.495 e. The van der Waals surface area contributed by atoms with Crippen molar-refractivity contribution in [1.82, 2.24) is 20.3 Å². The summed E-state index contributed by atoms with van der Waals surface area (Å²) in [6.07, 6.45) is 3.56. The second-order valence-electron chi connectivity index (χ2n) is 8.46. The van der Waals surface area contributed by atoms with Crippen LogP contribution >= 0.6 is 0 Å². The molecule has 1 aliphatic heterocycles. The predicted octanol–water partition coefficient (Wildman–Crippen LogP) is 3.40. The molecule has 178 valence electrons. The van der Waals surface area contributed by atoms with Gasteiger partial charge in [-0.1, -0.05) is 24.2 Å². The Balaban J connectivity index is 1.46. The molecule has 4 aromatic rings. The van der Waals surface area contributed by atoms with Crippen LogP contribution < -0.4 is 14.8 Å². The van der Waals surface area contributed by atoms with Crippen molar-refractivity contribution in [3.8, 4) is 5.75 Å². The van der Waals surface area contributed by atoms with Gasteiger partial charge >= 0.3 is 0 Å². The van der Waals surface area contributed by atoms with E-state index in [4.69, 9.17) is 9.26 Å². The van der Waals surface area contributed by atoms with Gasteiger partial charge in [0.25, 0.3) is 10.0 Å². The van der Waals surface area contributed by atoms with Crippen molar-refractivity contribution in [3.05, 3.63) is 64.5 Å². The van der Waals surface area contributed by atoms with E-state index in [1.54, 1.807) is 12.1 Å². The zero-order chi connectivity index (χ0) is 23.9. The molecule has 0 atom stereocenters. The molecular formula is C24H27N5O4S. The number of rotatable bonds is 7. The summed E-state index contributed by atoms with van der Waals surface area (Å²) in [5.41, 5.74) is 5.75. The number of benzene rings is 2. The molecule has 0 bridgehead atoms.